The number of amides is 2. The van der Waals surface area contributed by atoms with E-state index in [2.05, 4.69) is 11.4 Å². The van der Waals surface area contributed by atoms with E-state index in [4.69, 9.17) is 11.0 Å². The molecule has 0 saturated heterocycles. The molecule has 3 N–H and O–H groups in total. The van der Waals surface area contributed by atoms with Gasteiger partial charge in [-0.1, -0.05) is 0 Å². The molecule has 0 radical (unpaired) electrons. The van der Waals surface area contributed by atoms with Crippen molar-refractivity contribution in [3.8, 4) is 6.07 Å². The fourth-order valence-electron chi connectivity index (χ4n) is 5.37. The monoisotopic (exact) mass is 303 g/mol. The Hall–Kier alpha value is -1.57. The second kappa shape index (κ2) is 5.91. The zero-order chi connectivity index (χ0) is 15.7. The van der Waals surface area contributed by atoms with Crippen LogP contribution in [0.4, 0.5) is 0 Å². The first kappa shape index (κ1) is 15.3. The van der Waals surface area contributed by atoms with Crippen LogP contribution in [-0.2, 0) is 9.59 Å². The predicted molar refractivity (Wildman–Crippen MR) is 81.2 cm³/mol. The number of carbonyl (C=O) groups excluding carboxylic acids is 2. The first-order chi connectivity index (χ1) is 10.5. The van der Waals surface area contributed by atoms with E-state index < -0.39 is 11.9 Å². The van der Waals surface area contributed by atoms with Crippen molar-refractivity contribution in [3.63, 3.8) is 0 Å². The summed E-state index contributed by atoms with van der Waals surface area (Å²) in [6.07, 6.45) is 8.23. The van der Waals surface area contributed by atoms with Gasteiger partial charge in [0.2, 0.25) is 11.8 Å². The number of carbonyl (C=O) groups is 2. The van der Waals surface area contributed by atoms with Crippen LogP contribution in [0.25, 0.3) is 0 Å². The molecule has 0 heterocycles. The predicted octanol–water partition coefficient (Wildman–Crippen LogP) is 1.87. The largest absolute Gasteiger partial charge is 0.368 e. The van der Waals surface area contributed by atoms with Crippen LogP contribution in [0, 0.1) is 34.5 Å². The molecule has 4 fully saturated rings. The number of primary amides is 1. The normalized spacial score (nSPS) is 36.6. The molecular formula is C17H25N3O2. The van der Waals surface area contributed by atoms with Crippen LogP contribution in [0.15, 0.2) is 0 Å². The zero-order valence-corrected chi connectivity index (χ0v) is 13.0. The van der Waals surface area contributed by atoms with Gasteiger partial charge in [0, 0.05) is 11.8 Å². The number of nitrogens with one attached hydrogen (secondary N) is 1. The molecular weight excluding hydrogens is 278 g/mol. The number of nitrogens with two attached hydrogens (primary N) is 1. The van der Waals surface area contributed by atoms with Crippen LogP contribution in [0.1, 0.15) is 57.8 Å². The van der Waals surface area contributed by atoms with E-state index in [1.807, 2.05) is 0 Å². The highest BCUT2D eigenvalue weighted by Gasteiger charge is 2.54. The highest BCUT2D eigenvalue weighted by molar-refractivity contribution is 5.89. The van der Waals surface area contributed by atoms with Crippen LogP contribution in [0.2, 0.25) is 0 Å². The third-order valence-corrected chi connectivity index (χ3v) is 5.95. The second-order valence-electron chi connectivity index (χ2n) is 7.68. The molecule has 4 bridgehead atoms. The molecule has 22 heavy (non-hydrogen) atoms. The molecule has 4 saturated carbocycles. The number of hydrogen-bond donors (Lipinski definition) is 2. The standard InChI is InChI=1S/C17H25N3O2/c18-4-2-1-3-14(15(19)21)20-16(22)17-8-11-5-12(9-17)7-13(6-11)10-17/h11-14H,1-3,5-10H2,(H2,19,21)(H,20,22)/t11?,12?,13?,14-,17?/m1/s1. The van der Waals surface area contributed by atoms with Gasteiger partial charge in [0.05, 0.1) is 6.07 Å². The number of hydrogen-bond acceptors (Lipinski definition) is 3. The highest BCUT2D eigenvalue weighted by Crippen LogP contribution is 2.60. The van der Waals surface area contributed by atoms with Crippen molar-refractivity contribution >= 4 is 11.8 Å². The van der Waals surface area contributed by atoms with Crippen molar-refractivity contribution in [2.45, 2.75) is 63.8 Å². The maximum absolute atomic E-state index is 12.9. The van der Waals surface area contributed by atoms with E-state index in [0.29, 0.717) is 37.0 Å². The van der Waals surface area contributed by atoms with Gasteiger partial charge in [0.25, 0.3) is 0 Å². The zero-order valence-electron chi connectivity index (χ0n) is 13.0. The Morgan fingerprint density at radius 1 is 1.18 bits per heavy atom. The van der Waals surface area contributed by atoms with Gasteiger partial charge in [-0.2, -0.15) is 5.26 Å². The van der Waals surface area contributed by atoms with Crippen molar-refractivity contribution in [3.05, 3.63) is 0 Å². The smallest absolute Gasteiger partial charge is 0.240 e. The molecule has 0 unspecified atom stereocenters. The lowest BCUT2D eigenvalue weighted by molar-refractivity contribution is -0.148. The van der Waals surface area contributed by atoms with Crippen molar-refractivity contribution in [1.29, 1.82) is 5.26 Å². The van der Waals surface area contributed by atoms with Gasteiger partial charge in [-0.3, -0.25) is 9.59 Å². The highest BCUT2D eigenvalue weighted by atomic mass is 16.2. The molecule has 5 nitrogen and oxygen atoms in total. The SMILES string of the molecule is N#CCCC[C@@H](NC(=O)C12CC3CC(CC(C3)C1)C2)C(N)=O. The molecule has 0 spiro atoms. The average molecular weight is 303 g/mol. The van der Waals surface area contributed by atoms with Crippen LogP contribution in [0.3, 0.4) is 0 Å². The lowest BCUT2D eigenvalue weighted by atomic mass is 9.49. The summed E-state index contributed by atoms with van der Waals surface area (Å²) in [5.74, 6) is 1.64. The van der Waals surface area contributed by atoms with Gasteiger partial charge in [0.15, 0.2) is 0 Å². The number of unbranched alkanes of at least 4 members (excludes halogenated alkanes) is 1. The minimum absolute atomic E-state index is 0.0346. The Balaban J connectivity index is 1.65. The topological polar surface area (TPSA) is 96.0 Å². The van der Waals surface area contributed by atoms with Crippen LogP contribution in [-0.4, -0.2) is 17.9 Å². The third kappa shape index (κ3) is 2.84. The summed E-state index contributed by atoms with van der Waals surface area (Å²) < 4.78 is 0. The molecule has 2 amide bonds. The van der Waals surface area contributed by atoms with Gasteiger partial charge < -0.3 is 11.1 Å². The van der Waals surface area contributed by atoms with Crippen LogP contribution in [0.5, 0.6) is 0 Å². The number of rotatable bonds is 6. The lowest BCUT2D eigenvalue weighted by Crippen LogP contribution is -2.56. The molecule has 4 rings (SSSR count). The molecule has 4 aliphatic carbocycles. The lowest BCUT2D eigenvalue weighted by Gasteiger charge is -2.55. The Labute approximate surface area is 131 Å². The molecule has 4 aliphatic rings. The van der Waals surface area contributed by atoms with Gasteiger partial charge >= 0.3 is 0 Å². The molecule has 120 valence electrons. The first-order valence-electron chi connectivity index (χ1n) is 8.49. The van der Waals surface area contributed by atoms with E-state index in [9.17, 15) is 9.59 Å². The Bertz CT molecular complexity index is 473. The fourth-order valence-corrected chi connectivity index (χ4v) is 5.37. The summed E-state index contributed by atoms with van der Waals surface area (Å²) in [6.45, 7) is 0. The van der Waals surface area contributed by atoms with Gasteiger partial charge in [-0.25, -0.2) is 0 Å². The van der Waals surface area contributed by atoms with Gasteiger partial charge in [-0.05, 0) is 69.1 Å². The Morgan fingerprint density at radius 2 is 1.73 bits per heavy atom. The van der Waals surface area contributed by atoms with E-state index >= 15 is 0 Å². The molecule has 0 aromatic rings. The molecule has 0 aromatic heterocycles. The van der Waals surface area contributed by atoms with Crippen molar-refractivity contribution < 1.29 is 9.59 Å². The maximum atomic E-state index is 12.9. The second-order valence-corrected chi connectivity index (χ2v) is 7.68. The Morgan fingerprint density at radius 3 is 2.18 bits per heavy atom. The summed E-state index contributed by atoms with van der Waals surface area (Å²) in [4.78, 5) is 24.4. The minimum atomic E-state index is -0.631. The fraction of sp³-hybridized carbons (Fsp3) is 0.824. The van der Waals surface area contributed by atoms with Crippen LogP contribution < -0.4 is 11.1 Å². The van der Waals surface area contributed by atoms with Gasteiger partial charge in [0.1, 0.15) is 6.04 Å². The number of nitrogens with zero attached hydrogens (tertiary/aromatic N) is 1. The van der Waals surface area contributed by atoms with Gasteiger partial charge in [-0.15, -0.1) is 0 Å². The van der Waals surface area contributed by atoms with E-state index in [1.165, 1.54) is 19.3 Å². The molecule has 0 aliphatic heterocycles. The summed E-state index contributed by atoms with van der Waals surface area (Å²) in [7, 11) is 0. The van der Waals surface area contributed by atoms with Crippen molar-refractivity contribution in [1.82, 2.24) is 5.32 Å². The van der Waals surface area contributed by atoms with E-state index in [-0.39, 0.29) is 11.3 Å². The molecule has 0 aromatic carbocycles. The third-order valence-electron chi connectivity index (χ3n) is 5.95. The van der Waals surface area contributed by atoms with Crippen molar-refractivity contribution in [2.24, 2.45) is 28.9 Å². The first-order valence-corrected chi connectivity index (χ1v) is 8.49. The summed E-state index contributed by atoms with van der Waals surface area (Å²) >= 11 is 0. The summed E-state index contributed by atoms with van der Waals surface area (Å²) in [5, 5.41) is 11.5. The number of nitriles is 1. The van der Waals surface area contributed by atoms with E-state index in [0.717, 1.165) is 19.3 Å². The van der Waals surface area contributed by atoms with Crippen LogP contribution >= 0.6 is 0 Å². The quantitative estimate of drug-likeness (QED) is 0.733. The molecule has 5 heteroatoms. The summed E-state index contributed by atoms with van der Waals surface area (Å²) in [5.41, 5.74) is 5.17. The average Bonchev–Trinajstić information content (AvgIpc) is 2.44. The Kier molecular flexibility index (Phi) is 4.12. The van der Waals surface area contributed by atoms with E-state index in [1.54, 1.807) is 0 Å². The van der Waals surface area contributed by atoms with Crippen molar-refractivity contribution in [2.75, 3.05) is 0 Å². The maximum Gasteiger partial charge on any atom is 0.240 e. The minimum Gasteiger partial charge on any atom is -0.368 e. The summed E-state index contributed by atoms with van der Waals surface area (Å²) in [6, 6.07) is 1.43. The molecule has 1 atom stereocenters.